The zero-order valence-electron chi connectivity index (χ0n) is 7.64. The lowest BCUT2D eigenvalue weighted by Crippen LogP contribution is -2.40. The van der Waals surface area contributed by atoms with Crippen molar-refractivity contribution in [2.24, 2.45) is 5.73 Å². The van der Waals surface area contributed by atoms with E-state index >= 15 is 0 Å². The summed E-state index contributed by atoms with van der Waals surface area (Å²) in [5.74, 6) is 0. The first kappa shape index (κ1) is 10.2. The van der Waals surface area contributed by atoms with E-state index in [0.717, 1.165) is 5.56 Å². The van der Waals surface area contributed by atoms with Gasteiger partial charge >= 0.3 is 6.03 Å². The summed E-state index contributed by atoms with van der Waals surface area (Å²) in [6, 6.07) is 8.19. The van der Waals surface area contributed by atoms with Crippen molar-refractivity contribution in [2.45, 2.75) is 12.5 Å². The molecule has 1 rings (SSSR count). The summed E-state index contributed by atoms with van der Waals surface area (Å²) < 4.78 is 0. The van der Waals surface area contributed by atoms with E-state index in [2.05, 4.69) is 5.32 Å². The van der Waals surface area contributed by atoms with Gasteiger partial charge in [-0.15, -0.1) is 0 Å². The second-order valence-corrected chi connectivity index (χ2v) is 2.94. The molecule has 0 fully saturated rings. The molecule has 1 unspecified atom stereocenters. The van der Waals surface area contributed by atoms with Gasteiger partial charge in [-0.05, 0) is 12.0 Å². The summed E-state index contributed by atoms with van der Waals surface area (Å²) in [6.07, 6.45) is 1.14. The summed E-state index contributed by atoms with van der Waals surface area (Å²) in [5, 5.41) is 2.35. The number of carbonyl (C=O) groups excluding carboxylic acids is 2. The number of carbonyl (C=O) groups is 2. The van der Waals surface area contributed by atoms with Gasteiger partial charge in [0.05, 0.1) is 6.04 Å². The summed E-state index contributed by atoms with van der Waals surface area (Å²) in [5.41, 5.74) is 5.90. The van der Waals surface area contributed by atoms with Crippen LogP contribution in [0, 0.1) is 0 Å². The van der Waals surface area contributed by atoms with Crippen molar-refractivity contribution in [2.75, 3.05) is 0 Å². The second kappa shape index (κ2) is 5.01. The van der Waals surface area contributed by atoms with Gasteiger partial charge in [-0.1, -0.05) is 30.3 Å². The largest absolute Gasteiger partial charge is 0.352 e. The van der Waals surface area contributed by atoms with E-state index in [1.165, 1.54) is 0 Å². The van der Waals surface area contributed by atoms with Crippen LogP contribution in [-0.2, 0) is 11.2 Å². The molecule has 0 saturated carbocycles. The molecule has 4 heteroatoms. The SMILES string of the molecule is NC(=O)NC(C=O)Cc1ccccc1. The Morgan fingerprint density at radius 1 is 1.43 bits per heavy atom. The Kier molecular flexibility index (Phi) is 3.67. The summed E-state index contributed by atoms with van der Waals surface area (Å²) in [4.78, 5) is 21.1. The van der Waals surface area contributed by atoms with Gasteiger partial charge in [0.1, 0.15) is 6.29 Å². The highest BCUT2D eigenvalue weighted by atomic mass is 16.2. The Bertz CT molecular complexity index is 311. The molecule has 0 radical (unpaired) electrons. The van der Waals surface area contributed by atoms with E-state index in [1.54, 1.807) is 0 Å². The third-order valence-corrected chi connectivity index (χ3v) is 1.79. The van der Waals surface area contributed by atoms with E-state index in [9.17, 15) is 9.59 Å². The van der Waals surface area contributed by atoms with Gasteiger partial charge < -0.3 is 15.8 Å². The summed E-state index contributed by atoms with van der Waals surface area (Å²) in [6.45, 7) is 0. The molecule has 1 atom stereocenters. The highest BCUT2D eigenvalue weighted by molar-refractivity contribution is 5.76. The number of primary amides is 1. The lowest BCUT2D eigenvalue weighted by atomic mass is 10.1. The van der Waals surface area contributed by atoms with Gasteiger partial charge in [-0.3, -0.25) is 0 Å². The van der Waals surface area contributed by atoms with E-state index < -0.39 is 12.1 Å². The van der Waals surface area contributed by atoms with Crippen LogP contribution in [0.5, 0.6) is 0 Å². The molecule has 0 aliphatic heterocycles. The molecule has 3 N–H and O–H groups in total. The van der Waals surface area contributed by atoms with Crippen LogP contribution in [0.25, 0.3) is 0 Å². The van der Waals surface area contributed by atoms with Gasteiger partial charge in [0.15, 0.2) is 0 Å². The predicted molar refractivity (Wildman–Crippen MR) is 52.7 cm³/mol. The molecule has 2 amide bonds. The standard InChI is InChI=1S/C10H12N2O2/c11-10(14)12-9(7-13)6-8-4-2-1-3-5-8/h1-5,7,9H,6H2,(H3,11,12,14). The highest BCUT2D eigenvalue weighted by Gasteiger charge is 2.08. The van der Waals surface area contributed by atoms with E-state index in [0.29, 0.717) is 12.7 Å². The predicted octanol–water partition coefficient (Wildman–Crippen LogP) is 0.465. The molecule has 4 nitrogen and oxygen atoms in total. The van der Waals surface area contributed by atoms with Gasteiger partial charge in [0, 0.05) is 0 Å². The highest BCUT2D eigenvalue weighted by Crippen LogP contribution is 2.01. The van der Waals surface area contributed by atoms with Crippen molar-refractivity contribution in [3.63, 3.8) is 0 Å². The number of urea groups is 1. The van der Waals surface area contributed by atoms with Crippen molar-refractivity contribution < 1.29 is 9.59 Å². The summed E-state index contributed by atoms with van der Waals surface area (Å²) >= 11 is 0. The number of benzene rings is 1. The normalized spacial score (nSPS) is 11.7. The number of amides is 2. The Morgan fingerprint density at radius 3 is 2.57 bits per heavy atom. The number of rotatable bonds is 4. The Morgan fingerprint density at radius 2 is 2.07 bits per heavy atom. The van der Waals surface area contributed by atoms with Crippen molar-refractivity contribution >= 4 is 12.3 Å². The molecule has 0 saturated heterocycles. The van der Waals surface area contributed by atoms with Crippen molar-refractivity contribution in [1.29, 1.82) is 0 Å². The van der Waals surface area contributed by atoms with Crippen molar-refractivity contribution in [3.8, 4) is 0 Å². The molecule has 0 heterocycles. The molecular formula is C10H12N2O2. The topological polar surface area (TPSA) is 72.2 Å². The van der Waals surface area contributed by atoms with Crippen LogP contribution in [0.1, 0.15) is 5.56 Å². The minimum Gasteiger partial charge on any atom is -0.352 e. The molecule has 74 valence electrons. The fraction of sp³-hybridized carbons (Fsp3) is 0.200. The van der Waals surface area contributed by atoms with Crippen LogP contribution in [-0.4, -0.2) is 18.4 Å². The van der Waals surface area contributed by atoms with Gasteiger partial charge in [0.25, 0.3) is 0 Å². The number of hydrogen-bond acceptors (Lipinski definition) is 2. The third-order valence-electron chi connectivity index (χ3n) is 1.79. The Labute approximate surface area is 82.1 Å². The van der Waals surface area contributed by atoms with Crippen LogP contribution in [0.4, 0.5) is 4.79 Å². The molecule has 1 aromatic rings. The Balaban J connectivity index is 2.57. The zero-order chi connectivity index (χ0) is 10.4. The lowest BCUT2D eigenvalue weighted by molar-refractivity contribution is -0.109. The first-order valence-electron chi connectivity index (χ1n) is 4.27. The number of hydrogen-bond donors (Lipinski definition) is 2. The number of nitrogens with two attached hydrogens (primary N) is 1. The van der Waals surface area contributed by atoms with Crippen molar-refractivity contribution in [3.05, 3.63) is 35.9 Å². The average Bonchev–Trinajstić information content (AvgIpc) is 2.17. The van der Waals surface area contributed by atoms with Crippen LogP contribution < -0.4 is 11.1 Å². The zero-order valence-corrected chi connectivity index (χ0v) is 7.64. The molecule has 0 aliphatic carbocycles. The quantitative estimate of drug-likeness (QED) is 0.680. The van der Waals surface area contributed by atoms with E-state index in [-0.39, 0.29) is 0 Å². The fourth-order valence-electron chi connectivity index (χ4n) is 1.18. The van der Waals surface area contributed by atoms with Gasteiger partial charge in [-0.2, -0.15) is 0 Å². The second-order valence-electron chi connectivity index (χ2n) is 2.94. The third kappa shape index (κ3) is 3.26. The van der Waals surface area contributed by atoms with Crippen LogP contribution in [0.2, 0.25) is 0 Å². The smallest absolute Gasteiger partial charge is 0.312 e. The molecule has 14 heavy (non-hydrogen) atoms. The van der Waals surface area contributed by atoms with Crippen LogP contribution >= 0.6 is 0 Å². The van der Waals surface area contributed by atoms with Crippen LogP contribution in [0.3, 0.4) is 0 Å². The maximum absolute atomic E-state index is 10.6. The first-order valence-corrected chi connectivity index (χ1v) is 4.27. The first-order chi connectivity index (χ1) is 6.72. The molecule has 0 bridgehead atoms. The number of aldehydes is 1. The molecule has 0 aromatic heterocycles. The van der Waals surface area contributed by atoms with Gasteiger partial charge in [-0.25, -0.2) is 4.79 Å². The minimum atomic E-state index is -0.682. The fourth-order valence-corrected chi connectivity index (χ4v) is 1.18. The molecule has 0 aliphatic rings. The van der Waals surface area contributed by atoms with E-state index in [4.69, 9.17) is 5.73 Å². The maximum atomic E-state index is 10.6. The average molecular weight is 192 g/mol. The minimum absolute atomic E-state index is 0.466. The number of nitrogens with one attached hydrogen (secondary N) is 1. The lowest BCUT2D eigenvalue weighted by Gasteiger charge is -2.10. The van der Waals surface area contributed by atoms with Crippen LogP contribution in [0.15, 0.2) is 30.3 Å². The van der Waals surface area contributed by atoms with Crippen molar-refractivity contribution in [1.82, 2.24) is 5.32 Å². The molecule has 1 aromatic carbocycles. The monoisotopic (exact) mass is 192 g/mol. The maximum Gasteiger partial charge on any atom is 0.312 e. The molecular weight excluding hydrogens is 180 g/mol. The Hall–Kier alpha value is -1.84. The summed E-state index contributed by atoms with van der Waals surface area (Å²) in [7, 11) is 0. The molecule has 0 spiro atoms. The van der Waals surface area contributed by atoms with Gasteiger partial charge in [0.2, 0.25) is 0 Å². The van der Waals surface area contributed by atoms with E-state index in [1.807, 2.05) is 30.3 Å².